The zero-order chi connectivity index (χ0) is 20.3. The second-order valence-corrected chi connectivity index (χ2v) is 7.43. The average molecular weight is 399 g/mol. The van der Waals surface area contributed by atoms with E-state index in [0.717, 1.165) is 17.1 Å². The Kier molecular flexibility index (Phi) is 5.99. The molecule has 1 amide bonds. The standard InChI is InChI=1S/C21H23ClN4O2/c1-13(2)12-28-19-8-5-15(11-23-19)21(27)25-16-6-7-18(22)17(9-16)20-24-10-14(3)26(20)4/h5-11,13H,12H2,1-4H3,(H,25,27). The van der Waals surface area contributed by atoms with E-state index in [0.29, 0.717) is 34.7 Å². The highest BCUT2D eigenvalue weighted by molar-refractivity contribution is 6.33. The van der Waals surface area contributed by atoms with Crippen LogP contribution in [0.25, 0.3) is 11.4 Å². The third-order valence-corrected chi connectivity index (χ3v) is 4.58. The van der Waals surface area contributed by atoms with E-state index < -0.39 is 0 Å². The predicted octanol–water partition coefficient (Wildman–Crippen LogP) is 4.73. The molecule has 6 nitrogen and oxygen atoms in total. The molecule has 2 aromatic heterocycles. The van der Waals surface area contributed by atoms with Crippen LogP contribution in [-0.4, -0.2) is 27.0 Å². The minimum absolute atomic E-state index is 0.257. The first-order valence-electron chi connectivity index (χ1n) is 9.03. The number of hydrogen-bond acceptors (Lipinski definition) is 4. The summed E-state index contributed by atoms with van der Waals surface area (Å²) in [5.74, 6) is 1.40. The predicted molar refractivity (Wildman–Crippen MR) is 111 cm³/mol. The molecule has 1 aromatic carbocycles. The fourth-order valence-electron chi connectivity index (χ4n) is 2.57. The molecule has 3 aromatic rings. The van der Waals surface area contributed by atoms with Gasteiger partial charge in [-0.1, -0.05) is 25.4 Å². The smallest absolute Gasteiger partial charge is 0.257 e. The molecule has 146 valence electrons. The van der Waals surface area contributed by atoms with Crippen molar-refractivity contribution in [1.82, 2.24) is 14.5 Å². The van der Waals surface area contributed by atoms with Gasteiger partial charge in [-0.05, 0) is 37.1 Å². The number of nitrogens with zero attached hydrogens (tertiary/aromatic N) is 3. The first-order chi connectivity index (χ1) is 13.3. The highest BCUT2D eigenvalue weighted by atomic mass is 35.5. The normalized spacial score (nSPS) is 10.9. The Morgan fingerprint density at radius 1 is 1.21 bits per heavy atom. The molecule has 3 rings (SSSR count). The monoisotopic (exact) mass is 398 g/mol. The summed E-state index contributed by atoms with van der Waals surface area (Å²) in [7, 11) is 1.92. The van der Waals surface area contributed by atoms with Gasteiger partial charge in [0.25, 0.3) is 5.91 Å². The maximum absolute atomic E-state index is 12.5. The zero-order valence-corrected chi connectivity index (χ0v) is 17.1. The van der Waals surface area contributed by atoms with Crippen molar-refractivity contribution in [1.29, 1.82) is 0 Å². The molecule has 0 unspecified atom stereocenters. The number of anilines is 1. The Hall–Kier alpha value is -2.86. The molecule has 0 aliphatic rings. The first-order valence-corrected chi connectivity index (χ1v) is 9.41. The topological polar surface area (TPSA) is 69.0 Å². The molecule has 1 N–H and O–H groups in total. The number of aryl methyl sites for hydroxylation is 1. The number of carbonyl (C=O) groups is 1. The van der Waals surface area contributed by atoms with Gasteiger partial charge in [-0.15, -0.1) is 0 Å². The molecule has 0 aliphatic carbocycles. The van der Waals surface area contributed by atoms with Crippen LogP contribution in [0.1, 0.15) is 29.9 Å². The minimum atomic E-state index is -0.257. The number of hydrogen-bond donors (Lipinski definition) is 1. The van der Waals surface area contributed by atoms with Crippen LogP contribution in [0.5, 0.6) is 5.88 Å². The van der Waals surface area contributed by atoms with Gasteiger partial charge in [0.2, 0.25) is 5.88 Å². The van der Waals surface area contributed by atoms with Gasteiger partial charge in [-0.2, -0.15) is 0 Å². The lowest BCUT2D eigenvalue weighted by Gasteiger charge is -2.11. The quantitative estimate of drug-likeness (QED) is 0.651. The molecule has 0 bridgehead atoms. The summed E-state index contributed by atoms with van der Waals surface area (Å²) in [6, 6.07) is 8.71. The summed E-state index contributed by atoms with van der Waals surface area (Å²) in [5.41, 5.74) is 2.85. The largest absolute Gasteiger partial charge is 0.477 e. The summed E-state index contributed by atoms with van der Waals surface area (Å²) >= 11 is 6.34. The van der Waals surface area contributed by atoms with Crippen LogP contribution >= 0.6 is 11.6 Å². The van der Waals surface area contributed by atoms with Gasteiger partial charge in [-0.3, -0.25) is 4.79 Å². The van der Waals surface area contributed by atoms with Gasteiger partial charge in [0.15, 0.2) is 0 Å². The molecular weight excluding hydrogens is 376 g/mol. The van der Waals surface area contributed by atoms with Gasteiger partial charge in [0, 0.05) is 42.5 Å². The number of imidazole rings is 1. The highest BCUT2D eigenvalue weighted by Crippen LogP contribution is 2.30. The van der Waals surface area contributed by atoms with Gasteiger partial charge in [-0.25, -0.2) is 9.97 Å². The van der Waals surface area contributed by atoms with E-state index in [1.807, 2.05) is 24.6 Å². The molecule has 0 aliphatic heterocycles. The van der Waals surface area contributed by atoms with Gasteiger partial charge >= 0.3 is 0 Å². The number of carbonyl (C=O) groups excluding carboxylic acids is 1. The Morgan fingerprint density at radius 2 is 2.00 bits per heavy atom. The molecule has 28 heavy (non-hydrogen) atoms. The molecule has 0 saturated heterocycles. The lowest BCUT2D eigenvalue weighted by molar-refractivity contribution is 0.102. The van der Waals surface area contributed by atoms with Crippen LogP contribution in [0.15, 0.2) is 42.7 Å². The fourth-order valence-corrected chi connectivity index (χ4v) is 2.78. The number of amides is 1. The van der Waals surface area contributed by atoms with Crippen molar-refractivity contribution < 1.29 is 9.53 Å². The van der Waals surface area contributed by atoms with Crippen LogP contribution in [0.4, 0.5) is 5.69 Å². The van der Waals surface area contributed by atoms with Crippen molar-refractivity contribution in [3.63, 3.8) is 0 Å². The van der Waals surface area contributed by atoms with Gasteiger partial charge in [0.05, 0.1) is 17.2 Å². The lowest BCUT2D eigenvalue weighted by Crippen LogP contribution is -2.13. The van der Waals surface area contributed by atoms with Gasteiger partial charge in [0.1, 0.15) is 5.82 Å². The third-order valence-electron chi connectivity index (χ3n) is 4.25. The third kappa shape index (κ3) is 4.51. The fraction of sp³-hybridized carbons (Fsp3) is 0.286. The van der Waals surface area contributed by atoms with E-state index in [-0.39, 0.29) is 5.91 Å². The van der Waals surface area contributed by atoms with Crippen LogP contribution in [0.3, 0.4) is 0 Å². The van der Waals surface area contributed by atoms with Crippen molar-refractivity contribution in [2.45, 2.75) is 20.8 Å². The van der Waals surface area contributed by atoms with Crippen molar-refractivity contribution in [2.75, 3.05) is 11.9 Å². The Balaban J connectivity index is 1.75. The molecule has 0 radical (unpaired) electrons. The zero-order valence-electron chi connectivity index (χ0n) is 16.4. The van der Waals surface area contributed by atoms with Crippen LogP contribution < -0.4 is 10.1 Å². The molecule has 0 spiro atoms. The number of pyridine rings is 1. The maximum Gasteiger partial charge on any atom is 0.257 e. The van der Waals surface area contributed by atoms with Crippen molar-refractivity contribution >= 4 is 23.2 Å². The number of aromatic nitrogens is 3. The summed E-state index contributed by atoms with van der Waals surface area (Å²) in [4.78, 5) is 21.1. The van der Waals surface area contributed by atoms with Crippen LogP contribution in [0, 0.1) is 12.8 Å². The Bertz CT molecular complexity index is 981. The second-order valence-electron chi connectivity index (χ2n) is 7.02. The van der Waals surface area contributed by atoms with Crippen LogP contribution in [-0.2, 0) is 7.05 Å². The van der Waals surface area contributed by atoms with Crippen molar-refractivity contribution in [3.05, 3.63) is 59.0 Å². The van der Waals surface area contributed by atoms with E-state index in [1.54, 1.807) is 30.5 Å². The molecule has 7 heteroatoms. The summed E-state index contributed by atoms with van der Waals surface area (Å²) in [5, 5.41) is 3.45. The second kappa shape index (κ2) is 8.44. The molecule has 0 saturated carbocycles. The number of benzene rings is 1. The first kappa shape index (κ1) is 19.9. The summed E-state index contributed by atoms with van der Waals surface area (Å²) in [6.07, 6.45) is 3.29. The number of nitrogens with one attached hydrogen (secondary N) is 1. The number of ether oxygens (including phenoxy) is 1. The molecular formula is C21H23ClN4O2. The maximum atomic E-state index is 12.5. The van der Waals surface area contributed by atoms with Crippen molar-refractivity contribution in [3.8, 4) is 17.3 Å². The molecule has 2 heterocycles. The minimum Gasteiger partial charge on any atom is -0.477 e. The van der Waals surface area contributed by atoms with E-state index in [2.05, 4.69) is 29.1 Å². The summed E-state index contributed by atoms with van der Waals surface area (Å²) in [6.45, 7) is 6.68. The summed E-state index contributed by atoms with van der Waals surface area (Å²) < 4.78 is 7.50. The van der Waals surface area contributed by atoms with Crippen molar-refractivity contribution in [2.24, 2.45) is 13.0 Å². The van der Waals surface area contributed by atoms with E-state index in [1.165, 1.54) is 6.20 Å². The highest BCUT2D eigenvalue weighted by Gasteiger charge is 2.13. The van der Waals surface area contributed by atoms with E-state index >= 15 is 0 Å². The Labute approximate surface area is 169 Å². The van der Waals surface area contributed by atoms with E-state index in [9.17, 15) is 4.79 Å². The Morgan fingerprint density at radius 3 is 2.61 bits per heavy atom. The lowest BCUT2D eigenvalue weighted by atomic mass is 10.1. The van der Waals surface area contributed by atoms with Gasteiger partial charge < -0.3 is 14.6 Å². The number of halogens is 1. The molecule has 0 atom stereocenters. The van der Waals surface area contributed by atoms with E-state index in [4.69, 9.17) is 16.3 Å². The average Bonchev–Trinajstić information content (AvgIpc) is 3.00. The number of rotatable bonds is 6. The van der Waals surface area contributed by atoms with Crippen LogP contribution in [0.2, 0.25) is 5.02 Å². The SMILES string of the molecule is Cc1cnc(-c2cc(NC(=O)c3ccc(OCC(C)C)nc3)ccc2Cl)n1C. The molecule has 0 fully saturated rings.